The summed E-state index contributed by atoms with van der Waals surface area (Å²) in [6.45, 7) is 1.62. The molecule has 27 heavy (non-hydrogen) atoms. The largest absolute Gasteiger partial charge is 0.497 e. The summed E-state index contributed by atoms with van der Waals surface area (Å²) < 4.78 is 36.1. The van der Waals surface area contributed by atoms with Gasteiger partial charge in [-0.15, -0.1) is 0 Å². The lowest BCUT2D eigenvalue weighted by Gasteiger charge is -2.12. The molecule has 0 unspecified atom stereocenters. The van der Waals surface area contributed by atoms with Gasteiger partial charge in [-0.3, -0.25) is 9.59 Å². The van der Waals surface area contributed by atoms with Crippen LogP contribution in [0.2, 0.25) is 0 Å². The average Bonchev–Trinajstić information content (AvgIpc) is 2.64. The summed E-state index contributed by atoms with van der Waals surface area (Å²) in [6, 6.07) is 7.44. The molecule has 0 saturated carbocycles. The molecular weight excluding hydrogens is 372 g/mol. The van der Waals surface area contributed by atoms with E-state index in [0.29, 0.717) is 11.4 Å². The molecule has 1 heterocycles. The summed E-state index contributed by atoms with van der Waals surface area (Å²) >= 11 is 0. The Balaban J connectivity index is 1.94. The SMILES string of the molecule is COc1ccc(S(=O)(=O)CCNC(=O)Cn2cc(OC)c(=O)cc2C)cc1. The number of nitrogens with one attached hydrogen (secondary N) is 1. The normalized spacial score (nSPS) is 11.1. The highest BCUT2D eigenvalue weighted by molar-refractivity contribution is 7.91. The first-order valence-corrected chi connectivity index (χ1v) is 9.80. The Bertz CT molecular complexity index is 964. The molecule has 0 radical (unpaired) electrons. The summed E-state index contributed by atoms with van der Waals surface area (Å²) in [5.41, 5.74) is 0.332. The van der Waals surface area contributed by atoms with Crippen LogP contribution in [-0.2, 0) is 21.2 Å². The van der Waals surface area contributed by atoms with Crippen molar-refractivity contribution in [2.45, 2.75) is 18.4 Å². The highest BCUT2D eigenvalue weighted by Gasteiger charge is 2.15. The molecule has 2 rings (SSSR count). The zero-order chi connectivity index (χ0) is 20.0. The van der Waals surface area contributed by atoms with Gasteiger partial charge in [0.05, 0.1) is 31.1 Å². The molecule has 1 aromatic heterocycles. The van der Waals surface area contributed by atoms with E-state index >= 15 is 0 Å². The molecule has 0 fully saturated rings. The Hall–Kier alpha value is -2.81. The molecule has 0 spiro atoms. The number of carbonyl (C=O) groups excluding carboxylic acids is 1. The Labute approximate surface area is 157 Å². The van der Waals surface area contributed by atoms with Gasteiger partial charge in [0, 0.05) is 18.3 Å². The van der Waals surface area contributed by atoms with E-state index in [-0.39, 0.29) is 40.8 Å². The van der Waals surface area contributed by atoms with Crippen molar-refractivity contribution in [2.75, 3.05) is 26.5 Å². The topological polar surface area (TPSA) is 104 Å². The van der Waals surface area contributed by atoms with Crippen LogP contribution in [0.1, 0.15) is 5.69 Å². The first-order valence-electron chi connectivity index (χ1n) is 8.15. The zero-order valence-corrected chi connectivity index (χ0v) is 16.2. The zero-order valence-electron chi connectivity index (χ0n) is 15.4. The number of aryl methyl sites for hydroxylation is 1. The predicted octanol–water partition coefficient (Wildman–Crippen LogP) is 0.764. The Morgan fingerprint density at radius 3 is 2.41 bits per heavy atom. The fraction of sp³-hybridized carbons (Fsp3) is 0.333. The summed E-state index contributed by atoms with van der Waals surface area (Å²) in [6.07, 6.45) is 1.45. The van der Waals surface area contributed by atoms with Crippen molar-refractivity contribution in [1.29, 1.82) is 0 Å². The molecule has 0 saturated heterocycles. The minimum atomic E-state index is -3.52. The lowest BCUT2D eigenvalue weighted by molar-refractivity contribution is -0.121. The van der Waals surface area contributed by atoms with Crippen molar-refractivity contribution in [3.05, 3.63) is 52.4 Å². The maximum Gasteiger partial charge on any atom is 0.239 e. The maximum atomic E-state index is 12.3. The molecule has 1 N–H and O–H groups in total. The molecule has 0 atom stereocenters. The Morgan fingerprint density at radius 2 is 1.81 bits per heavy atom. The van der Waals surface area contributed by atoms with Crippen molar-refractivity contribution in [1.82, 2.24) is 9.88 Å². The molecule has 0 bridgehead atoms. The minimum Gasteiger partial charge on any atom is -0.497 e. The second kappa shape index (κ2) is 8.72. The molecule has 9 heteroatoms. The smallest absolute Gasteiger partial charge is 0.239 e. The summed E-state index contributed by atoms with van der Waals surface area (Å²) in [4.78, 5) is 23.9. The quantitative estimate of drug-likeness (QED) is 0.709. The Kier molecular flexibility index (Phi) is 6.62. The predicted molar refractivity (Wildman–Crippen MR) is 100 cm³/mol. The van der Waals surface area contributed by atoms with Crippen LogP contribution in [0.4, 0.5) is 0 Å². The van der Waals surface area contributed by atoms with Gasteiger partial charge < -0.3 is 19.4 Å². The molecular formula is C18H22N2O6S. The number of hydrogen-bond donors (Lipinski definition) is 1. The molecule has 1 amide bonds. The van der Waals surface area contributed by atoms with Crippen molar-refractivity contribution in [3.63, 3.8) is 0 Å². The monoisotopic (exact) mass is 394 g/mol. The van der Waals surface area contributed by atoms with Crippen molar-refractivity contribution in [3.8, 4) is 11.5 Å². The van der Waals surface area contributed by atoms with Crippen LogP contribution in [0, 0.1) is 6.92 Å². The van der Waals surface area contributed by atoms with Gasteiger partial charge in [-0.05, 0) is 31.2 Å². The number of pyridine rings is 1. The molecule has 1 aromatic carbocycles. The first kappa shape index (κ1) is 20.5. The number of carbonyl (C=O) groups is 1. The van der Waals surface area contributed by atoms with E-state index in [9.17, 15) is 18.0 Å². The Morgan fingerprint density at radius 1 is 1.15 bits per heavy atom. The first-order chi connectivity index (χ1) is 12.8. The van der Waals surface area contributed by atoms with Gasteiger partial charge in [0.25, 0.3) is 0 Å². The number of hydrogen-bond acceptors (Lipinski definition) is 6. The van der Waals surface area contributed by atoms with E-state index in [1.165, 1.54) is 38.6 Å². The molecule has 2 aromatic rings. The molecule has 0 aliphatic heterocycles. The van der Waals surface area contributed by atoms with Crippen molar-refractivity contribution >= 4 is 15.7 Å². The number of sulfone groups is 1. The number of ether oxygens (including phenoxy) is 2. The van der Waals surface area contributed by atoms with Gasteiger partial charge >= 0.3 is 0 Å². The molecule has 0 aliphatic carbocycles. The molecule has 8 nitrogen and oxygen atoms in total. The minimum absolute atomic E-state index is 0.0242. The summed E-state index contributed by atoms with van der Waals surface area (Å²) in [7, 11) is -0.642. The number of amides is 1. The van der Waals surface area contributed by atoms with Crippen LogP contribution in [0.15, 0.2) is 46.2 Å². The van der Waals surface area contributed by atoms with Crippen LogP contribution in [0.5, 0.6) is 11.5 Å². The fourth-order valence-corrected chi connectivity index (χ4v) is 3.57. The third-order valence-corrected chi connectivity index (χ3v) is 5.69. The van der Waals surface area contributed by atoms with Gasteiger partial charge in [-0.1, -0.05) is 0 Å². The lowest BCUT2D eigenvalue weighted by atomic mass is 10.3. The van der Waals surface area contributed by atoms with Gasteiger partial charge in [0.2, 0.25) is 11.3 Å². The number of methoxy groups -OCH3 is 2. The standard InChI is InChI=1S/C18H22N2O6S/c1-13-10-16(21)17(26-3)11-20(13)12-18(22)19-8-9-27(23,24)15-6-4-14(25-2)5-7-15/h4-7,10-11H,8-9,12H2,1-3H3,(H,19,22). The van der Waals surface area contributed by atoms with Crippen LogP contribution in [-0.4, -0.2) is 45.4 Å². The van der Waals surface area contributed by atoms with E-state index < -0.39 is 9.84 Å². The average molecular weight is 394 g/mol. The number of benzene rings is 1. The van der Waals surface area contributed by atoms with E-state index in [1.54, 1.807) is 23.6 Å². The van der Waals surface area contributed by atoms with E-state index in [4.69, 9.17) is 9.47 Å². The number of aromatic nitrogens is 1. The molecule has 146 valence electrons. The summed E-state index contributed by atoms with van der Waals surface area (Å²) in [5, 5.41) is 2.58. The number of nitrogens with zero attached hydrogens (tertiary/aromatic N) is 1. The van der Waals surface area contributed by atoms with Crippen LogP contribution < -0.4 is 20.2 Å². The van der Waals surface area contributed by atoms with Gasteiger partial charge in [0.1, 0.15) is 12.3 Å². The fourth-order valence-electron chi connectivity index (χ4n) is 2.41. The van der Waals surface area contributed by atoms with Gasteiger partial charge in [0.15, 0.2) is 15.6 Å². The van der Waals surface area contributed by atoms with Crippen LogP contribution in [0.3, 0.4) is 0 Å². The summed E-state index contributed by atoms with van der Waals surface area (Å²) in [5.74, 6) is 0.107. The molecule has 0 aliphatic rings. The van der Waals surface area contributed by atoms with Crippen LogP contribution in [0.25, 0.3) is 0 Å². The van der Waals surface area contributed by atoms with Gasteiger partial charge in [-0.25, -0.2) is 8.42 Å². The van der Waals surface area contributed by atoms with Gasteiger partial charge in [-0.2, -0.15) is 0 Å². The third kappa shape index (κ3) is 5.33. The van der Waals surface area contributed by atoms with E-state index in [0.717, 1.165) is 0 Å². The second-order valence-corrected chi connectivity index (χ2v) is 7.93. The highest BCUT2D eigenvalue weighted by Crippen LogP contribution is 2.16. The van der Waals surface area contributed by atoms with E-state index in [1.807, 2.05) is 0 Å². The van der Waals surface area contributed by atoms with Crippen LogP contribution >= 0.6 is 0 Å². The van der Waals surface area contributed by atoms with Crippen molar-refractivity contribution in [2.24, 2.45) is 0 Å². The van der Waals surface area contributed by atoms with Crippen molar-refractivity contribution < 1.29 is 22.7 Å². The third-order valence-electron chi connectivity index (χ3n) is 3.95. The number of rotatable bonds is 8. The lowest BCUT2D eigenvalue weighted by Crippen LogP contribution is -2.32. The highest BCUT2D eigenvalue weighted by atomic mass is 32.2. The maximum absolute atomic E-state index is 12.3. The van der Waals surface area contributed by atoms with E-state index in [2.05, 4.69) is 5.32 Å². The second-order valence-electron chi connectivity index (χ2n) is 5.82.